The number of nitrogens with one attached hydrogen (secondary N) is 2. The number of aromatic nitrogens is 5. The highest BCUT2D eigenvalue weighted by Crippen LogP contribution is 2.28. The topological polar surface area (TPSA) is 161 Å². The summed E-state index contributed by atoms with van der Waals surface area (Å²) in [6, 6.07) is 11.7. The Hall–Kier alpha value is -3.35. The summed E-state index contributed by atoms with van der Waals surface area (Å²) in [5.41, 5.74) is 3.20. The van der Waals surface area contributed by atoms with Crippen molar-refractivity contribution in [2.24, 2.45) is 0 Å². The van der Waals surface area contributed by atoms with Gasteiger partial charge in [0, 0.05) is 18.7 Å². The Bertz CT molecular complexity index is 1770. The maximum atomic E-state index is 13.1. The first-order valence-corrected chi connectivity index (χ1v) is 18.3. The molecule has 5 rings (SSSR count). The first kappa shape index (κ1) is 33.0. The highest BCUT2D eigenvalue weighted by Gasteiger charge is 2.26. The van der Waals surface area contributed by atoms with Crippen molar-refractivity contribution >= 4 is 61.8 Å². The van der Waals surface area contributed by atoms with Crippen LogP contribution in [0.2, 0.25) is 0 Å². The molecule has 1 aliphatic rings. The van der Waals surface area contributed by atoms with Gasteiger partial charge in [-0.2, -0.15) is 4.31 Å². The van der Waals surface area contributed by atoms with E-state index in [1.807, 2.05) is 43.5 Å². The second-order valence-electron chi connectivity index (χ2n) is 9.82. The Balaban J connectivity index is 1.29. The molecule has 2 aromatic heterocycles. The van der Waals surface area contributed by atoms with Crippen LogP contribution in [0.25, 0.3) is 5.69 Å². The molecule has 1 aliphatic heterocycles. The maximum absolute atomic E-state index is 13.1. The number of hydrogen-bond acceptors (Lipinski definition) is 12. The van der Waals surface area contributed by atoms with Crippen molar-refractivity contribution in [3.05, 3.63) is 65.0 Å². The van der Waals surface area contributed by atoms with Gasteiger partial charge in [-0.15, -0.1) is 20.4 Å². The molecule has 0 unspecified atom stereocenters. The van der Waals surface area contributed by atoms with E-state index >= 15 is 0 Å². The molecule has 0 radical (unpaired) electrons. The third-order valence-electron chi connectivity index (χ3n) is 6.90. The fraction of sp³-hybridized carbons (Fsp3) is 0.357. The van der Waals surface area contributed by atoms with E-state index in [-0.39, 0.29) is 23.1 Å². The molecule has 0 atom stereocenters. The van der Waals surface area contributed by atoms with Crippen LogP contribution in [0, 0.1) is 13.8 Å². The fourth-order valence-corrected chi connectivity index (χ4v) is 8.27. The van der Waals surface area contributed by atoms with Crippen molar-refractivity contribution in [3.63, 3.8) is 0 Å². The van der Waals surface area contributed by atoms with E-state index < -0.39 is 15.9 Å². The van der Waals surface area contributed by atoms with Gasteiger partial charge in [0.1, 0.15) is 0 Å². The SMILES string of the molecule is CCSc1nnc(NC(=O)CSc2nnc(CNC(=O)c3ccc(S(=O)(=O)N4CCOCC4)cc3)n2-c2cccc(C)c2C)s1. The molecular weight excluding hydrogens is 657 g/mol. The number of thioether (sulfide) groups is 2. The summed E-state index contributed by atoms with van der Waals surface area (Å²) in [6.45, 7) is 7.34. The number of carbonyl (C=O) groups is 2. The zero-order chi connectivity index (χ0) is 32.0. The number of sulfonamides is 1. The zero-order valence-corrected chi connectivity index (χ0v) is 28.1. The molecule has 238 valence electrons. The van der Waals surface area contributed by atoms with Gasteiger partial charge in [0.2, 0.25) is 21.1 Å². The Labute approximate surface area is 273 Å². The highest BCUT2D eigenvalue weighted by atomic mass is 32.2. The normalized spacial score (nSPS) is 13.9. The van der Waals surface area contributed by atoms with E-state index in [0.29, 0.717) is 48.0 Å². The third-order valence-corrected chi connectivity index (χ3v) is 11.6. The van der Waals surface area contributed by atoms with Crippen LogP contribution in [0.3, 0.4) is 0 Å². The molecule has 4 aromatic rings. The molecule has 1 fully saturated rings. The van der Waals surface area contributed by atoms with E-state index in [1.165, 1.54) is 51.7 Å². The number of benzene rings is 2. The molecule has 45 heavy (non-hydrogen) atoms. The second kappa shape index (κ2) is 14.8. The Morgan fingerprint density at radius 1 is 1.00 bits per heavy atom. The predicted octanol–water partition coefficient (Wildman–Crippen LogP) is 3.53. The summed E-state index contributed by atoms with van der Waals surface area (Å²) in [5.74, 6) is 0.740. The molecule has 13 nitrogen and oxygen atoms in total. The lowest BCUT2D eigenvalue weighted by Crippen LogP contribution is -2.40. The molecule has 3 heterocycles. The minimum Gasteiger partial charge on any atom is -0.379 e. The van der Waals surface area contributed by atoms with Crippen LogP contribution in [-0.2, 0) is 26.1 Å². The van der Waals surface area contributed by atoms with Crippen LogP contribution >= 0.6 is 34.9 Å². The highest BCUT2D eigenvalue weighted by molar-refractivity contribution is 8.01. The molecule has 1 saturated heterocycles. The van der Waals surface area contributed by atoms with Crippen LogP contribution in [0.15, 0.2) is 56.9 Å². The molecule has 0 saturated carbocycles. The van der Waals surface area contributed by atoms with E-state index in [1.54, 1.807) is 11.8 Å². The van der Waals surface area contributed by atoms with Crippen molar-refractivity contribution < 1.29 is 22.7 Å². The Kier molecular flexibility index (Phi) is 10.9. The number of morpholine rings is 1. The predicted molar refractivity (Wildman–Crippen MR) is 174 cm³/mol. The van der Waals surface area contributed by atoms with Gasteiger partial charge < -0.3 is 10.1 Å². The summed E-state index contributed by atoms with van der Waals surface area (Å²) >= 11 is 4.09. The number of aryl methyl sites for hydroxylation is 1. The molecule has 0 spiro atoms. The van der Waals surface area contributed by atoms with Crippen molar-refractivity contribution in [2.75, 3.05) is 43.1 Å². The van der Waals surface area contributed by atoms with E-state index in [4.69, 9.17) is 4.74 Å². The standard InChI is InChI=1S/C28H32N8O5S4/c1-4-42-28-34-32-26(44-28)30-24(37)17-43-27-33-31-23(36(27)22-7-5-6-18(2)19(22)3)16-29-25(38)20-8-10-21(11-9-20)45(39,40)35-12-14-41-15-13-35/h5-11H,4,12-17H2,1-3H3,(H,29,38)(H,30,32,37). The summed E-state index contributed by atoms with van der Waals surface area (Å²) < 4.78 is 35.1. The lowest BCUT2D eigenvalue weighted by molar-refractivity contribution is -0.113. The van der Waals surface area contributed by atoms with Crippen molar-refractivity contribution in [1.82, 2.24) is 34.6 Å². The lowest BCUT2D eigenvalue weighted by Gasteiger charge is -2.26. The van der Waals surface area contributed by atoms with Gasteiger partial charge in [-0.3, -0.25) is 19.5 Å². The molecular formula is C28H32N8O5S4. The second-order valence-corrected chi connectivity index (χ2v) is 15.2. The largest absolute Gasteiger partial charge is 0.379 e. The molecule has 2 N–H and O–H groups in total. The smallest absolute Gasteiger partial charge is 0.251 e. The van der Waals surface area contributed by atoms with Crippen LogP contribution < -0.4 is 10.6 Å². The number of anilines is 1. The number of hydrogen-bond donors (Lipinski definition) is 2. The van der Waals surface area contributed by atoms with Gasteiger partial charge in [0.25, 0.3) is 5.91 Å². The minimum atomic E-state index is -3.67. The summed E-state index contributed by atoms with van der Waals surface area (Å²) in [5, 5.41) is 23.3. The Morgan fingerprint density at radius 3 is 2.49 bits per heavy atom. The summed E-state index contributed by atoms with van der Waals surface area (Å²) in [4.78, 5) is 25.9. The number of ether oxygens (including phenoxy) is 1. The Morgan fingerprint density at radius 2 is 1.76 bits per heavy atom. The van der Waals surface area contributed by atoms with E-state index in [0.717, 1.165) is 26.9 Å². The van der Waals surface area contributed by atoms with Crippen LogP contribution in [-0.4, -0.2) is 87.3 Å². The average Bonchev–Trinajstić information content (AvgIpc) is 3.67. The first-order chi connectivity index (χ1) is 21.7. The molecule has 2 amide bonds. The van der Waals surface area contributed by atoms with Gasteiger partial charge in [-0.05, 0) is 61.1 Å². The first-order valence-electron chi connectivity index (χ1n) is 14.0. The quantitative estimate of drug-likeness (QED) is 0.166. The van der Waals surface area contributed by atoms with Crippen LogP contribution in [0.5, 0.6) is 0 Å². The minimum absolute atomic E-state index is 0.0441. The zero-order valence-electron chi connectivity index (χ0n) is 24.8. The molecule has 2 aromatic carbocycles. The van der Waals surface area contributed by atoms with Crippen LogP contribution in [0.1, 0.15) is 34.2 Å². The van der Waals surface area contributed by atoms with Crippen molar-refractivity contribution in [3.8, 4) is 5.69 Å². The molecule has 0 aliphatic carbocycles. The van der Waals surface area contributed by atoms with Gasteiger partial charge in [0.15, 0.2) is 15.3 Å². The van der Waals surface area contributed by atoms with Gasteiger partial charge in [-0.1, -0.05) is 53.9 Å². The fourth-order valence-electron chi connectivity index (χ4n) is 4.43. The molecule has 0 bridgehead atoms. The lowest BCUT2D eigenvalue weighted by atomic mass is 10.1. The monoisotopic (exact) mass is 688 g/mol. The maximum Gasteiger partial charge on any atom is 0.251 e. The van der Waals surface area contributed by atoms with Gasteiger partial charge >= 0.3 is 0 Å². The number of rotatable bonds is 12. The summed E-state index contributed by atoms with van der Waals surface area (Å²) in [6.07, 6.45) is 0. The van der Waals surface area contributed by atoms with E-state index in [2.05, 4.69) is 31.0 Å². The average molecular weight is 689 g/mol. The number of nitrogens with zero attached hydrogens (tertiary/aromatic N) is 6. The number of carbonyl (C=O) groups excluding carboxylic acids is 2. The van der Waals surface area contributed by atoms with Gasteiger partial charge in [0.05, 0.1) is 36.1 Å². The van der Waals surface area contributed by atoms with Crippen molar-refractivity contribution in [1.29, 1.82) is 0 Å². The van der Waals surface area contributed by atoms with Gasteiger partial charge in [-0.25, -0.2) is 8.42 Å². The van der Waals surface area contributed by atoms with E-state index in [9.17, 15) is 18.0 Å². The van der Waals surface area contributed by atoms with Crippen molar-refractivity contribution in [2.45, 2.75) is 41.7 Å². The summed E-state index contributed by atoms with van der Waals surface area (Å²) in [7, 11) is -3.67. The molecule has 17 heteroatoms. The van der Waals surface area contributed by atoms with Crippen LogP contribution in [0.4, 0.5) is 5.13 Å². The number of amides is 2. The third kappa shape index (κ3) is 7.90.